The van der Waals surface area contributed by atoms with E-state index < -0.39 is 0 Å². The van der Waals surface area contributed by atoms with Crippen LogP contribution in [-0.2, 0) is 4.74 Å². The third-order valence-electron chi connectivity index (χ3n) is 2.71. The van der Waals surface area contributed by atoms with E-state index in [-0.39, 0.29) is 0 Å². The minimum absolute atomic E-state index is 0.419. The normalized spacial score (nSPS) is 23.6. The highest BCUT2D eigenvalue weighted by atomic mass is 16.5. The standard InChI is InChI=1S/C12H17NO/c1-10(11-5-3-2-4-6-11)13-12-7-8-14-9-12/h2-6,10,12-13H,7-9H2,1H3. The summed E-state index contributed by atoms with van der Waals surface area (Å²) in [4.78, 5) is 0. The molecule has 0 bridgehead atoms. The lowest BCUT2D eigenvalue weighted by atomic mass is 10.1. The lowest BCUT2D eigenvalue weighted by Crippen LogP contribution is -2.31. The Morgan fingerprint density at radius 2 is 2.14 bits per heavy atom. The molecule has 0 saturated carbocycles. The molecule has 1 saturated heterocycles. The minimum atomic E-state index is 0.419. The second-order valence-electron chi connectivity index (χ2n) is 3.86. The van der Waals surface area contributed by atoms with Gasteiger partial charge in [0.15, 0.2) is 0 Å². The molecule has 2 nitrogen and oxygen atoms in total. The summed E-state index contributed by atoms with van der Waals surface area (Å²) in [5.41, 5.74) is 1.35. The Morgan fingerprint density at radius 1 is 1.36 bits per heavy atom. The molecule has 14 heavy (non-hydrogen) atoms. The van der Waals surface area contributed by atoms with E-state index in [4.69, 9.17) is 4.74 Å². The molecule has 1 aliphatic heterocycles. The van der Waals surface area contributed by atoms with Gasteiger partial charge >= 0.3 is 0 Å². The highest BCUT2D eigenvalue weighted by Gasteiger charge is 2.17. The average Bonchev–Trinajstić information content (AvgIpc) is 2.72. The number of ether oxygens (including phenoxy) is 1. The number of benzene rings is 1. The SMILES string of the molecule is CC(NC1CCOC1)c1ccccc1. The van der Waals surface area contributed by atoms with Crippen LogP contribution in [0.15, 0.2) is 30.3 Å². The molecular formula is C12H17NO. The van der Waals surface area contributed by atoms with Crippen LogP contribution in [0.5, 0.6) is 0 Å². The van der Waals surface area contributed by atoms with Gasteiger partial charge in [-0.2, -0.15) is 0 Å². The van der Waals surface area contributed by atoms with E-state index in [9.17, 15) is 0 Å². The van der Waals surface area contributed by atoms with Gasteiger partial charge in [0, 0.05) is 18.7 Å². The smallest absolute Gasteiger partial charge is 0.0620 e. The average molecular weight is 191 g/mol. The van der Waals surface area contributed by atoms with E-state index in [1.54, 1.807) is 0 Å². The van der Waals surface area contributed by atoms with E-state index in [0.717, 1.165) is 19.6 Å². The third kappa shape index (κ3) is 2.34. The quantitative estimate of drug-likeness (QED) is 0.790. The first-order valence-corrected chi connectivity index (χ1v) is 5.25. The lowest BCUT2D eigenvalue weighted by Gasteiger charge is -2.18. The van der Waals surface area contributed by atoms with E-state index in [1.807, 2.05) is 0 Å². The van der Waals surface area contributed by atoms with Gasteiger partial charge in [-0.3, -0.25) is 0 Å². The van der Waals surface area contributed by atoms with E-state index >= 15 is 0 Å². The summed E-state index contributed by atoms with van der Waals surface area (Å²) >= 11 is 0. The van der Waals surface area contributed by atoms with Crippen molar-refractivity contribution >= 4 is 0 Å². The fraction of sp³-hybridized carbons (Fsp3) is 0.500. The van der Waals surface area contributed by atoms with E-state index in [1.165, 1.54) is 5.56 Å². The van der Waals surface area contributed by atoms with Crippen molar-refractivity contribution in [2.75, 3.05) is 13.2 Å². The highest BCUT2D eigenvalue weighted by molar-refractivity contribution is 5.18. The summed E-state index contributed by atoms with van der Waals surface area (Å²) in [5.74, 6) is 0. The first-order valence-electron chi connectivity index (χ1n) is 5.25. The Morgan fingerprint density at radius 3 is 2.79 bits per heavy atom. The molecule has 0 radical (unpaired) electrons. The monoisotopic (exact) mass is 191 g/mol. The zero-order valence-corrected chi connectivity index (χ0v) is 8.57. The number of rotatable bonds is 3. The van der Waals surface area contributed by atoms with E-state index in [0.29, 0.717) is 12.1 Å². The molecular weight excluding hydrogens is 174 g/mol. The summed E-state index contributed by atoms with van der Waals surface area (Å²) in [6.07, 6.45) is 1.14. The van der Waals surface area contributed by atoms with Crippen molar-refractivity contribution in [2.24, 2.45) is 0 Å². The van der Waals surface area contributed by atoms with Crippen LogP contribution in [0.3, 0.4) is 0 Å². The molecule has 1 N–H and O–H groups in total. The summed E-state index contributed by atoms with van der Waals surface area (Å²) < 4.78 is 5.33. The van der Waals surface area contributed by atoms with Gasteiger partial charge in [0.1, 0.15) is 0 Å². The second kappa shape index (κ2) is 4.58. The molecule has 1 aromatic carbocycles. The van der Waals surface area contributed by atoms with Crippen molar-refractivity contribution in [1.29, 1.82) is 0 Å². The van der Waals surface area contributed by atoms with Crippen LogP contribution in [0.1, 0.15) is 24.9 Å². The lowest BCUT2D eigenvalue weighted by molar-refractivity contribution is 0.188. The van der Waals surface area contributed by atoms with Crippen LogP contribution in [0.4, 0.5) is 0 Å². The Hall–Kier alpha value is -0.860. The maximum Gasteiger partial charge on any atom is 0.0620 e. The maximum absolute atomic E-state index is 5.33. The predicted octanol–water partition coefficient (Wildman–Crippen LogP) is 2.13. The maximum atomic E-state index is 5.33. The van der Waals surface area contributed by atoms with Crippen LogP contribution in [-0.4, -0.2) is 19.3 Å². The molecule has 76 valence electrons. The van der Waals surface area contributed by atoms with Crippen LogP contribution in [0.25, 0.3) is 0 Å². The molecule has 2 unspecified atom stereocenters. The fourth-order valence-corrected chi connectivity index (χ4v) is 1.86. The summed E-state index contributed by atoms with van der Waals surface area (Å²) in [5, 5.41) is 3.57. The van der Waals surface area contributed by atoms with Crippen LogP contribution >= 0.6 is 0 Å². The fourth-order valence-electron chi connectivity index (χ4n) is 1.86. The van der Waals surface area contributed by atoms with Gasteiger partial charge in [-0.05, 0) is 18.9 Å². The van der Waals surface area contributed by atoms with Gasteiger partial charge in [-0.1, -0.05) is 30.3 Å². The van der Waals surface area contributed by atoms with Crippen molar-refractivity contribution < 1.29 is 4.74 Å². The topological polar surface area (TPSA) is 21.3 Å². The molecule has 2 rings (SSSR count). The first-order chi connectivity index (χ1) is 6.86. The zero-order chi connectivity index (χ0) is 9.80. The second-order valence-corrected chi connectivity index (χ2v) is 3.86. The molecule has 1 heterocycles. The molecule has 0 spiro atoms. The largest absolute Gasteiger partial charge is 0.380 e. The van der Waals surface area contributed by atoms with Gasteiger partial charge in [0.05, 0.1) is 6.61 Å². The first kappa shape index (κ1) is 9.69. The van der Waals surface area contributed by atoms with Crippen molar-refractivity contribution in [3.05, 3.63) is 35.9 Å². The van der Waals surface area contributed by atoms with Gasteiger partial charge in [0.25, 0.3) is 0 Å². The Labute approximate surface area is 85.3 Å². The molecule has 1 aromatic rings. The molecule has 1 aliphatic rings. The van der Waals surface area contributed by atoms with Gasteiger partial charge in [-0.15, -0.1) is 0 Å². The van der Waals surface area contributed by atoms with Gasteiger partial charge in [0.2, 0.25) is 0 Å². The van der Waals surface area contributed by atoms with Crippen LogP contribution in [0, 0.1) is 0 Å². The molecule has 2 atom stereocenters. The van der Waals surface area contributed by atoms with Crippen molar-refractivity contribution in [2.45, 2.75) is 25.4 Å². The Bertz CT molecular complexity index is 267. The summed E-state index contributed by atoms with van der Waals surface area (Å²) in [7, 11) is 0. The van der Waals surface area contributed by atoms with Gasteiger partial charge in [-0.25, -0.2) is 0 Å². The number of hydrogen-bond acceptors (Lipinski definition) is 2. The predicted molar refractivity (Wildman–Crippen MR) is 57.2 cm³/mol. The Balaban J connectivity index is 1.92. The summed E-state index contributed by atoms with van der Waals surface area (Å²) in [6.45, 7) is 3.96. The zero-order valence-electron chi connectivity index (χ0n) is 8.57. The van der Waals surface area contributed by atoms with E-state index in [2.05, 4.69) is 42.6 Å². The van der Waals surface area contributed by atoms with Crippen LogP contribution < -0.4 is 5.32 Å². The highest BCUT2D eigenvalue weighted by Crippen LogP contribution is 2.14. The van der Waals surface area contributed by atoms with Gasteiger partial charge < -0.3 is 10.1 Å². The number of nitrogens with one attached hydrogen (secondary N) is 1. The summed E-state index contributed by atoms with van der Waals surface area (Å²) in [6, 6.07) is 11.5. The number of hydrogen-bond donors (Lipinski definition) is 1. The molecule has 0 aromatic heterocycles. The van der Waals surface area contributed by atoms with Crippen LogP contribution in [0.2, 0.25) is 0 Å². The Kier molecular flexibility index (Phi) is 3.17. The van der Waals surface area contributed by atoms with Crippen molar-refractivity contribution in [1.82, 2.24) is 5.32 Å². The molecule has 1 fully saturated rings. The van der Waals surface area contributed by atoms with Crippen molar-refractivity contribution in [3.63, 3.8) is 0 Å². The minimum Gasteiger partial charge on any atom is -0.380 e. The molecule has 2 heteroatoms. The molecule has 0 aliphatic carbocycles. The van der Waals surface area contributed by atoms with Crippen molar-refractivity contribution in [3.8, 4) is 0 Å². The third-order valence-corrected chi connectivity index (χ3v) is 2.71. The molecule has 0 amide bonds.